The van der Waals surface area contributed by atoms with Crippen LogP contribution in [-0.2, 0) is 16.1 Å². The predicted molar refractivity (Wildman–Crippen MR) is 139 cm³/mol. The van der Waals surface area contributed by atoms with Crippen molar-refractivity contribution in [3.63, 3.8) is 0 Å². The first-order valence-electron chi connectivity index (χ1n) is 12.6. The summed E-state index contributed by atoms with van der Waals surface area (Å²) in [5, 5.41) is 2.89. The lowest BCUT2D eigenvalue weighted by atomic mass is 9.98. The van der Waals surface area contributed by atoms with Crippen LogP contribution in [-0.4, -0.2) is 54.7 Å². The zero-order valence-corrected chi connectivity index (χ0v) is 20.4. The highest BCUT2D eigenvalue weighted by Gasteiger charge is 2.36. The third-order valence-corrected chi connectivity index (χ3v) is 7.46. The number of pyridine rings is 1. The number of amides is 4. The number of likely N-dealkylation sites (tertiary alicyclic amines) is 1. The van der Waals surface area contributed by atoms with Crippen molar-refractivity contribution >= 4 is 51.7 Å². The lowest BCUT2D eigenvalue weighted by Gasteiger charge is -2.31. The topological polar surface area (TPSA) is 92.0 Å². The average Bonchev–Trinajstić information content (AvgIpc) is 3.54. The van der Waals surface area contributed by atoms with Crippen molar-refractivity contribution in [3.8, 4) is 0 Å². The Morgan fingerprint density at radius 1 is 1.00 bits per heavy atom. The van der Waals surface area contributed by atoms with E-state index < -0.39 is 17.6 Å². The van der Waals surface area contributed by atoms with Crippen LogP contribution in [0.2, 0.25) is 0 Å². The minimum atomic E-state index is -0.552. The highest BCUT2D eigenvalue weighted by molar-refractivity contribution is 6.49. The van der Waals surface area contributed by atoms with E-state index in [4.69, 9.17) is 0 Å². The molecule has 3 aliphatic heterocycles. The molecule has 9 nitrogen and oxygen atoms in total. The van der Waals surface area contributed by atoms with Gasteiger partial charge in [-0.2, -0.15) is 0 Å². The molecule has 1 aromatic carbocycles. The van der Waals surface area contributed by atoms with Gasteiger partial charge in [0.15, 0.2) is 0 Å². The van der Waals surface area contributed by atoms with Crippen LogP contribution in [0.3, 0.4) is 0 Å². The highest BCUT2D eigenvalue weighted by atomic mass is 19.1. The van der Waals surface area contributed by atoms with E-state index in [9.17, 15) is 14.4 Å². The molecule has 4 amide bonds. The zero-order chi connectivity index (χ0) is 26.0. The lowest BCUT2D eigenvalue weighted by molar-refractivity contribution is -0.122. The van der Waals surface area contributed by atoms with Crippen molar-refractivity contribution in [2.75, 3.05) is 13.1 Å². The van der Waals surface area contributed by atoms with Gasteiger partial charge in [-0.05, 0) is 49.1 Å². The lowest BCUT2D eigenvalue weighted by Crippen LogP contribution is -2.42. The van der Waals surface area contributed by atoms with E-state index >= 15 is 4.39 Å². The fourth-order valence-electron chi connectivity index (χ4n) is 5.74. The third kappa shape index (κ3) is 3.37. The number of piperidine rings is 1. The van der Waals surface area contributed by atoms with E-state index in [1.807, 2.05) is 17.0 Å². The fourth-order valence-corrected chi connectivity index (χ4v) is 5.74. The van der Waals surface area contributed by atoms with Gasteiger partial charge >= 0.3 is 6.03 Å². The van der Waals surface area contributed by atoms with Crippen molar-refractivity contribution in [3.05, 3.63) is 77.8 Å². The van der Waals surface area contributed by atoms with Crippen molar-refractivity contribution in [2.24, 2.45) is 0 Å². The molecular weight excluding hydrogens is 487 g/mol. The Morgan fingerprint density at radius 2 is 1.82 bits per heavy atom. The Bertz CT molecular complexity index is 1740. The van der Waals surface area contributed by atoms with Gasteiger partial charge in [-0.15, -0.1) is 0 Å². The minimum Gasteiger partial charge on any atom is -0.324 e. The summed E-state index contributed by atoms with van der Waals surface area (Å²) in [5.74, 6) is -1.57. The van der Waals surface area contributed by atoms with Gasteiger partial charge in [-0.3, -0.25) is 24.2 Å². The molecule has 0 spiro atoms. The highest BCUT2D eigenvalue weighted by Crippen LogP contribution is 2.38. The number of imide groups is 1. The molecule has 4 aromatic rings. The Balaban J connectivity index is 1.39. The molecule has 0 bridgehead atoms. The fraction of sp³-hybridized carbons (Fsp3) is 0.214. The summed E-state index contributed by atoms with van der Waals surface area (Å²) in [6.07, 6.45) is 11.5. The first-order chi connectivity index (χ1) is 18.5. The van der Waals surface area contributed by atoms with Gasteiger partial charge in [0, 0.05) is 48.8 Å². The monoisotopic (exact) mass is 510 g/mol. The number of nitrogens with one attached hydrogen (secondary N) is 1. The molecule has 1 saturated heterocycles. The Hall–Kier alpha value is -4.73. The van der Waals surface area contributed by atoms with Crippen molar-refractivity contribution < 1.29 is 18.8 Å². The molecule has 6 heterocycles. The van der Waals surface area contributed by atoms with Gasteiger partial charge in [0.2, 0.25) is 0 Å². The van der Waals surface area contributed by atoms with Crippen LogP contribution in [0.5, 0.6) is 0 Å². The SMILES string of the molecule is O=C1NC(=O)C(c2cnc3ccccn23)=C1c1cn2c3c(cc(F)cc13)CN(C(=O)N1CCCCC1)C=C2. The van der Waals surface area contributed by atoms with Gasteiger partial charge in [0.25, 0.3) is 11.8 Å². The van der Waals surface area contributed by atoms with Crippen molar-refractivity contribution in [1.29, 1.82) is 0 Å². The number of nitrogens with zero attached hydrogens (tertiary/aromatic N) is 5. The van der Waals surface area contributed by atoms with Crippen LogP contribution in [0.15, 0.2) is 55.1 Å². The number of urea groups is 1. The molecule has 38 heavy (non-hydrogen) atoms. The Labute approximate surface area is 216 Å². The first kappa shape index (κ1) is 22.5. The Morgan fingerprint density at radius 3 is 2.66 bits per heavy atom. The summed E-state index contributed by atoms with van der Waals surface area (Å²) in [7, 11) is 0. The number of halogens is 1. The number of benzene rings is 1. The largest absolute Gasteiger partial charge is 0.324 e. The standard InChI is InChI=1S/C28H23FN6O3/c29-18-12-17-15-34(28(38)32-7-3-1-4-8-32)11-10-33-16-20(19(13-18)25(17)33)23-24(27(37)31-26(23)36)21-14-30-22-6-2-5-9-35(21)22/h2,5-6,9-14,16H,1,3-4,7-8,15H2,(H,31,36,37). The molecule has 0 radical (unpaired) electrons. The zero-order valence-electron chi connectivity index (χ0n) is 20.4. The van der Waals surface area contributed by atoms with Crippen LogP contribution in [0.1, 0.15) is 36.1 Å². The van der Waals surface area contributed by atoms with Gasteiger partial charge in [-0.25, -0.2) is 14.2 Å². The smallest absolute Gasteiger partial charge is 0.324 e. The molecule has 3 aromatic heterocycles. The number of imidazole rings is 1. The number of carbonyl (C=O) groups is 3. The van der Waals surface area contributed by atoms with Crippen LogP contribution in [0.25, 0.3) is 33.9 Å². The van der Waals surface area contributed by atoms with Crippen LogP contribution in [0, 0.1) is 5.82 Å². The molecule has 3 aliphatic rings. The van der Waals surface area contributed by atoms with Crippen LogP contribution in [0.4, 0.5) is 9.18 Å². The van der Waals surface area contributed by atoms with E-state index in [1.165, 1.54) is 12.1 Å². The van der Waals surface area contributed by atoms with Crippen molar-refractivity contribution in [2.45, 2.75) is 25.8 Å². The summed E-state index contributed by atoms with van der Waals surface area (Å²) >= 11 is 0. The summed E-state index contributed by atoms with van der Waals surface area (Å²) in [6, 6.07) is 8.14. The predicted octanol–water partition coefficient (Wildman–Crippen LogP) is 3.85. The second-order valence-corrected chi connectivity index (χ2v) is 9.77. The molecule has 0 atom stereocenters. The van der Waals surface area contributed by atoms with Gasteiger partial charge in [0.1, 0.15) is 11.5 Å². The molecule has 7 rings (SSSR count). The minimum absolute atomic E-state index is 0.109. The molecule has 0 saturated carbocycles. The van der Waals surface area contributed by atoms with E-state index in [0.29, 0.717) is 46.5 Å². The summed E-state index contributed by atoms with van der Waals surface area (Å²) in [6.45, 7) is 1.61. The average molecular weight is 511 g/mol. The van der Waals surface area contributed by atoms with Gasteiger partial charge in [0.05, 0.1) is 35.1 Å². The van der Waals surface area contributed by atoms with Crippen LogP contribution < -0.4 is 5.32 Å². The molecule has 0 aliphatic carbocycles. The quantitative estimate of drug-likeness (QED) is 0.415. The van der Waals surface area contributed by atoms with Crippen molar-refractivity contribution in [1.82, 2.24) is 29.1 Å². The van der Waals surface area contributed by atoms with E-state index in [1.54, 1.807) is 50.9 Å². The Kier molecular flexibility index (Phi) is 4.97. The second kappa shape index (κ2) is 8.41. The molecule has 0 unspecified atom stereocenters. The number of hydrogen-bond donors (Lipinski definition) is 1. The number of carbonyl (C=O) groups excluding carboxylic acids is 3. The van der Waals surface area contributed by atoms with E-state index in [2.05, 4.69) is 10.3 Å². The maximum Gasteiger partial charge on any atom is 0.324 e. The summed E-state index contributed by atoms with van der Waals surface area (Å²) in [4.78, 5) is 47.2. The molecule has 1 N–H and O–H groups in total. The van der Waals surface area contributed by atoms with E-state index in [-0.39, 0.29) is 23.7 Å². The van der Waals surface area contributed by atoms with Crippen LogP contribution >= 0.6 is 0 Å². The van der Waals surface area contributed by atoms with Gasteiger partial charge < -0.3 is 9.47 Å². The molecular formula is C28H23FN6O3. The molecule has 190 valence electrons. The number of fused-ring (bicyclic) bond motifs is 1. The maximum absolute atomic E-state index is 15.0. The number of hydrogen-bond acceptors (Lipinski definition) is 4. The molecule has 10 heteroatoms. The normalized spacial score (nSPS) is 17.6. The third-order valence-electron chi connectivity index (χ3n) is 7.46. The van der Waals surface area contributed by atoms with Gasteiger partial charge in [-0.1, -0.05) is 6.07 Å². The summed E-state index contributed by atoms with van der Waals surface area (Å²) < 4.78 is 18.5. The summed E-state index contributed by atoms with van der Waals surface area (Å²) in [5.41, 5.74) is 3.18. The number of rotatable bonds is 2. The maximum atomic E-state index is 15.0. The molecule has 1 fully saturated rings. The second-order valence-electron chi connectivity index (χ2n) is 9.77. The van der Waals surface area contributed by atoms with E-state index in [0.717, 1.165) is 19.3 Å². The first-order valence-corrected chi connectivity index (χ1v) is 12.6. The number of aromatic nitrogens is 3.